The molecule has 0 aliphatic carbocycles. The molecular formula is C14H19NO5S. The Morgan fingerprint density at radius 2 is 1.71 bits per heavy atom. The maximum absolute atomic E-state index is 12.1. The van der Waals surface area contributed by atoms with Crippen LogP contribution in [0.15, 0.2) is 18.2 Å². The lowest BCUT2D eigenvalue weighted by molar-refractivity contribution is -0.139. The summed E-state index contributed by atoms with van der Waals surface area (Å²) in [5.74, 6) is -2.07. The number of carboxylic acid groups (broad SMARTS) is 1. The fraction of sp³-hybridized carbons (Fsp3) is 0.429. The largest absolute Gasteiger partial charge is 0.480 e. The molecule has 0 radical (unpaired) electrons. The van der Waals surface area contributed by atoms with Gasteiger partial charge in [-0.3, -0.25) is 4.79 Å². The lowest BCUT2D eigenvalue weighted by Gasteiger charge is -2.14. The van der Waals surface area contributed by atoms with Crippen LogP contribution in [-0.4, -0.2) is 43.5 Å². The van der Waals surface area contributed by atoms with Crippen LogP contribution in [0.25, 0.3) is 0 Å². The standard InChI is InChI=1S/C14H19NO5S/c1-9-6-10(2)8-11(7-9)13(16)15-12(14(17)18)4-5-21(3,19)20/h6-8,12H,4-5H2,1-3H3,(H,15,16)(H,17,18). The molecule has 1 atom stereocenters. The molecule has 2 N–H and O–H groups in total. The van der Waals surface area contributed by atoms with Crippen molar-refractivity contribution in [1.29, 1.82) is 0 Å². The van der Waals surface area contributed by atoms with Gasteiger partial charge in [-0.05, 0) is 32.4 Å². The Bertz CT molecular complexity index is 631. The van der Waals surface area contributed by atoms with Gasteiger partial charge in [-0.25, -0.2) is 13.2 Å². The van der Waals surface area contributed by atoms with Crippen LogP contribution in [0, 0.1) is 13.8 Å². The van der Waals surface area contributed by atoms with E-state index in [1.54, 1.807) is 12.1 Å². The monoisotopic (exact) mass is 313 g/mol. The summed E-state index contributed by atoms with van der Waals surface area (Å²) >= 11 is 0. The van der Waals surface area contributed by atoms with E-state index >= 15 is 0 Å². The van der Waals surface area contributed by atoms with Crippen molar-refractivity contribution in [1.82, 2.24) is 5.32 Å². The summed E-state index contributed by atoms with van der Waals surface area (Å²) in [6.07, 6.45) is 0.863. The second-order valence-corrected chi connectivity index (χ2v) is 7.42. The summed E-state index contributed by atoms with van der Waals surface area (Å²) in [6.45, 7) is 3.67. The number of carbonyl (C=O) groups is 2. The van der Waals surface area contributed by atoms with Crippen LogP contribution in [0.2, 0.25) is 0 Å². The van der Waals surface area contributed by atoms with Crippen molar-refractivity contribution in [3.63, 3.8) is 0 Å². The molecule has 1 aromatic rings. The quantitative estimate of drug-likeness (QED) is 0.813. The number of carbonyl (C=O) groups excluding carboxylic acids is 1. The number of hydrogen-bond acceptors (Lipinski definition) is 4. The van der Waals surface area contributed by atoms with Gasteiger partial charge in [0.25, 0.3) is 5.91 Å². The summed E-state index contributed by atoms with van der Waals surface area (Å²) in [6, 6.07) is 3.97. The molecule has 116 valence electrons. The van der Waals surface area contributed by atoms with Crippen LogP contribution in [0.1, 0.15) is 27.9 Å². The number of amides is 1. The van der Waals surface area contributed by atoms with Crippen molar-refractivity contribution in [2.24, 2.45) is 0 Å². The summed E-state index contributed by atoms with van der Waals surface area (Å²) < 4.78 is 22.2. The van der Waals surface area contributed by atoms with Crippen LogP contribution in [0.4, 0.5) is 0 Å². The molecule has 0 heterocycles. The fourth-order valence-electron chi connectivity index (χ4n) is 1.94. The zero-order chi connectivity index (χ0) is 16.2. The topological polar surface area (TPSA) is 101 Å². The second-order valence-electron chi connectivity index (χ2n) is 5.16. The Morgan fingerprint density at radius 1 is 1.19 bits per heavy atom. The molecule has 21 heavy (non-hydrogen) atoms. The number of carboxylic acids is 1. The normalized spacial score (nSPS) is 12.7. The maximum atomic E-state index is 12.1. The fourth-order valence-corrected chi connectivity index (χ4v) is 2.60. The minimum absolute atomic E-state index is 0.162. The smallest absolute Gasteiger partial charge is 0.326 e. The van der Waals surface area contributed by atoms with Gasteiger partial charge < -0.3 is 10.4 Å². The highest BCUT2D eigenvalue weighted by Crippen LogP contribution is 2.09. The highest BCUT2D eigenvalue weighted by molar-refractivity contribution is 7.90. The van der Waals surface area contributed by atoms with E-state index in [0.29, 0.717) is 5.56 Å². The van der Waals surface area contributed by atoms with E-state index in [4.69, 9.17) is 5.11 Å². The van der Waals surface area contributed by atoms with Gasteiger partial charge in [0, 0.05) is 11.8 Å². The van der Waals surface area contributed by atoms with Gasteiger partial charge in [0.15, 0.2) is 0 Å². The molecule has 0 saturated carbocycles. The number of hydrogen-bond donors (Lipinski definition) is 2. The van der Waals surface area contributed by atoms with Crippen LogP contribution < -0.4 is 5.32 Å². The Hall–Kier alpha value is -1.89. The first-order chi connectivity index (χ1) is 9.58. The van der Waals surface area contributed by atoms with E-state index in [1.165, 1.54) is 0 Å². The number of sulfone groups is 1. The van der Waals surface area contributed by atoms with E-state index < -0.39 is 27.8 Å². The number of aryl methyl sites for hydroxylation is 2. The predicted molar refractivity (Wildman–Crippen MR) is 79.1 cm³/mol. The molecule has 1 aromatic carbocycles. The molecule has 0 aromatic heterocycles. The molecule has 0 aliphatic rings. The van der Waals surface area contributed by atoms with E-state index in [0.717, 1.165) is 17.4 Å². The molecule has 1 unspecified atom stereocenters. The van der Waals surface area contributed by atoms with Gasteiger partial charge in [0.2, 0.25) is 0 Å². The number of aliphatic carboxylic acids is 1. The van der Waals surface area contributed by atoms with Crippen molar-refractivity contribution in [2.45, 2.75) is 26.3 Å². The van der Waals surface area contributed by atoms with Gasteiger partial charge >= 0.3 is 5.97 Å². The van der Waals surface area contributed by atoms with E-state index in [-0.39, 0.29) is 12.2 Å². The highest BCUT2D eigenvalue weighted by atomic mass is 32.2. The van der Waals surface area contributed by atoms with E-state index in [2.05, 4.69) is 5.32 Å². The van der Waals surface area contributed by atoms with Crippen LogP contribution >= 0.6 is 0 Å². The third-order valence-corrected chi connectivity index (χ3v) is 3.84. The third-order valence-electron chi connectivity index (χ3n) is 2.86. The third kappa shape index (κ3) is 5.95. The van der Waals surface area contributed by atoms with Gasteiger partial charge in [-0.15, -0.1) is 0 Å². The predicted octanol–water partition coefficient (Wildman–Crippen LogP) is 0.921. The summed E-state index contributed by atoms with van der Waals surface area (Å²) in [5.41, 5.74) is 2.14. The second kappa shape index (κ2) is 6.71. The zero-order valence-electron chi connectivity index (χ0n) is 12.2. The molecule has 0 fully saturated rings. The first kappa shape index (κ1) is 17.2. The highest BCUT2D eigenvalue weighted by Gasteiger charge is 2.22. The van der Waals surface area contributed by atoms with Crippen molar-refractivity contribution in [2.75, 3.05) is 12.0 Å². The van der Waals surface area contributed by atoms with Crippen LogP contribution in [-0.2, 0) is 14.6 Å². The van der Waals surface area contributed by atoms with Crippen molar-refractivity contribution >= 4 is 21.7 Å². The van der Waals surface area contributed by atoms with Gasteiger partial charge in [0.05, 0.1) is 5.75 Å². The van der Waals surface area contributed by atoms with E-state index in [1.807, 2.05) is 19.9 Å². The Balaban J connectivity index is 2.83. The van der Waals surface area contributed by atoms with E-state index in [9.17, 15) is 18.0 Å². The van der Waals surface area contributed by atoms with Crippen LogP contribution in [0.3, 0.4) is 0 Å². The maximum Gasteiger partial charge on any atom is 0.326 e. The lowest BCUT2D eigenvalue weighted by Crippen LogP contribution is -2.41. The molecule has 0 aliphatic heterocycles. The van der Waals surface area contributed by atoms with Gasteiger partial charge in [0.1, 0.15) is 15.9 Å². The summed E-state index contributed by atoms with van der Waals surface area (Å²) in [4.78, 5) is 23.2. The SMILES string of the molecule is Cc1cc(C)cc(C(=O)NC(CCS(C)(=O)=O)C(=O)O)c1. The minimum Gasteiger partial charge on any atom is -0.480 e. The van der Waals surface area contributed by atoms with Crippen molar-refractivity contribution in [3.05, 3.63) is 34.9 Å². The molecule has 1 amide bonds. The Morgan fingerprint density at radius 3 is 2.14 bits per heavy atom. The first-order valence-electron chi connectivity index (χ1n) is 6.38. The number of benzene rings is 1. The van der Waals surface area contributed by atoms with Gasteiger partial charge in [-0.2, -0.15) is 0 Å². The summed E-state index contributed by atoms with van der Waals surface area (Å²) in [7, 11) is -3.28. The zero-order valence-corrected chi connectivity index (χ0v) is 13.0. The van der Waals surface area contributed by atoms with Crippen molar-refractivity contribution in [3.8, 4) is 0 Å². The molecule has 0 saturated heterocycles. The van der Waals surface area contributed by atoms with Crippen molar-refractivity contribution < 1.29 is 23.1 Å². The Kier molecular flexibility index (Phi) is 5.48. The molecule has 1 rings (SSSR count). The summed E-state index contributed by atoms with van der Waals surface area (Å²) in [5, 5.41) is 11.4. The molecule has 6 nitrogen and oxygen atoms in total. The number of nitrogens with one attached hydrogen (secondary N) is 1. The van der Waals surface area contributed by atoms with Crippen LogP contribution in [0.5, 0.6) is 0 Å². The number of rotatable bonds is 6. The first-order valence-corrected chi connectivity index (χ1v) is 8.44. The lowest BCUT2D eigenvalue weighted by atomic mass is 10.1. The molecular weight excluding hydrogens is 294 g/mol. The van der Waals surface area contributed by atoms with Gasteiger partial charge in [-0.1, -0.05) is 17.2 Å². The molecule has 7 heteroatoms. The minimum atomic E-state index is -3.28. The Labute approximate surface area is 124 Å². The average Bonchev–Trinajstić information content (AvgIpc) is 2.31. The molecule has 0 bridgehead atoms. The average molecular weight is 313 g/mol. The molecule has 0 spiro atoms.